The molecule has 0 aliphatic rings. The van der Waals surface area contributed by atoms with Crippen LogP contribution in [0.3, 0.4) is 0 Å². The zero-order chi connectivity index (χ0) is 29.8. The average molecular weight is 574 g/mol. The summed E-state index contributed by atoms with van der Waals surface area (Å²) in [4.78, 5) is 29.9. The van der Waals surface area contributed by atoms with Gasteiger partial charge in [0, 0.05) is 19.4 Å². The lowest BCUT2D eigenvalue weighted by Gasteiger charge is -2.30. The van der Waals surface area contributed by atoms with Gasteiger partial charge < -0.3 is 14.5 Å². The lowest BCUT2D eigenvalue weighted by molar-refractivity contribution is -0.157. The molecule has 1 unspecified atom stereocenters. The van der Waals surface area contributed by atoms with Gasteiger partial charge in [-0.05, 0) is 48.1 Å². The van der Waals surface area contributed by atoms with Gasteiger partial charge in [0.05, 0.1) is 11.6 Å². The second-order valence-electron chi connectivity index (χ2n) is 10.2. The maximum Gasteiger partial charge on any atom is 0.416 e. The van der Waals surface area contributed by atoms with Crippen LogP contribution in [0.4, 0.5) is 13.2 Å². The first-order chi connectivity index (χ1) is 19.6. The highest BCUT2D eigenvalue weighted by atomic mass is 19.4. The smallest absolute Gasteiger partial charge is 0.416 e. The number of aliphatic carboxylic acids is 1. The molecule has 222 valence electrons. The molecule has 41 heavy (non-hydrogen) atoms. The van der Waals surface area contributed by atoms with E-state index in [1.807, 2.05) is 24.3 Å². The Bertz CT molecular complexity index is 1240. The number of carboxylic acid groups (broad SMARTS) is 1. The van der Waals surface area contributed by atoms with Gasteiger partial charge in [0.25, 0.3) is 0 Å². The van der Waals surface area contributed by atoms with Gasteiger partial charge in [0.2, 0.25) is 5.89 Å². The molecule has 0 radical (unpaired) electrons. The van der Waals surface area contributed by atoms with E-state index in [0.29, 0.717) is 36.3 Å². The van der Waals surface area contributed by atoms with Gasteiger partial charge in [-0.15, -0.1) is 0 Å². The Kier molecular flexibility index (Phi) is 11.9. The van der Waals surface area contributed by atoms with E-state index in [2.05, 4.69) is 17.1 Å². The Hall–Kier alpha value is -3.69. The molecule has 0 fully saturated rings. The van der Waals surface area contributed by atoms with Crippen LogP contribution in [-0.2, 0) is 41.6 Å². The van der Waals surface area contributed by atoms with E-state index in [1.165, 1.54) is 42.7 Å². The van der Waals surface area contributed by atoms with Gasteiger partial charge in [-0.1, -0.05) is 87.5 Å². The molecule has 1 amide bonds. The minimum absolute atomic E-state index is 0.00357. The summed E-state index contributed by atoms with van der Waals surface area (Å²) >= 11 is 0. The lowest BCUT2D eigenvalue weighted by Crippen LogP contribution is -2.38. The Balaban J connectivity index is 1.60. The number of hydrogen-bond acceptors (Lipinski definition) is 5. The van der Waals surface area contributed by atoms with Crippen LogP contribution in [-0.4, -0.2) is 32.0 Å². The number of aryl methyl sites for hydroxylation is 3. The van der Waals surface area contributed by atoms with Crippen molar-refractivity contribution in [3.05, 3.63) is 82.5 Å². The van der Waals surface area contributed by atoms with Gasteiger partial charge in [-0.25, -0.2) is 4.79 Å². The van der Waals surface area contributed by atoms with Crippen molar-refractivity contribution < 1.29 is 32.4 Å². The Morgan fingerprint density at radius 1 is 0.878 bits per heavy atom. The number of aromatic nitrogens is 2. The summed E-state index contributed by atoms with van der Waals surface area (Å²) in [5.41, 5.74) is 1.34. The van der Waals surface area contributed by atoms with Crippen LogP contribution < -0.4 is 0 Å². The molecule has 0 saturated heterocycles. The van der Waals surface area contributed by atoms with E-state index in [0.717, 1.165) is 42.8 Å². The number of nitrogens with zero attached hydrogens (tertiary/aromatic N) is 3. The summed E-state index contributed by atoms with van der Waals surface area (Å²) in [6.07, 6.45) is 5.09. The quantitative estimate of drug-likeness (QED) is 0.151. The highest BCUT2D eigenvalue weighted by Crippen LogP contribution is 2.32. The zero-order valence-electron chi connectivity index (χ0n) is 23.6. The van der Waals surface area contributed by atoms with E-state index in [9.17, 15) is 27.9 Å². The van der Waals surface area contributed by atoms with Crippen LogP contribution in [0.5, 0.6) is 0 Å². The molecule has 1 atom stereocenters. The predicted molar refractivity (Wildman–Crippen MR) is 148 cm³/mol. The third-order valence-corrected chi connectivity index (χ3v) is 7.10. The van der Waals surface area contributed by atoms with Crippen molar-refractivity contribution >= 4 is 11.9 Å². The third-order valence-electron chi connectivity index (χ3n) is 7.10. The highest BCUT2D eigenvalue weighted by molar-refractivity contribution is 6.31. The van der Waals surface area contributed by atoms with Crippen LogP contribution in [0.15, 0.2) is 53.1 Å². The molecule has 3 rings (SSSR count). The zero-order valence-corrected chi connectivity index (χ0v) is 23.6. The first-order valence-electron chi connectivity index (χ1n) is 14.2. The molecule has 7 nitrogen and oxygen atoms in total. The maximum absolute atomic E-state index is 13.0. The van der Waals surface area contributed by atoms with E-state index in [-0.39, 0.29) is 6.54 Å². The van der Waals surface area contributed by atoms with Crippen LogP contribution in [0.2, 0.25) is 0 Å². The molecule has 0 bridgehead atoms. The number of unbranched alkanes of at least 4 members (excludes halogenated alkanes) is 5. The SMILES string of the molecule is CCCCCCCCc1noc(CCc2ccc(CN(C(=O)C(=O)O)C(CC)c3ccc(C(F)(F)F)cc3)cc2)n1. The van der Waals surface area contributed by atoms with Crippen molar-refractivity contribution in [2.24, 2.45) is 0 Å². The fourth-order valence-electron chi connectivity index (χ4n) is 4.79. The molecule has 10 heteroatoms. The standard InChI is InChI=1S/C31H38F3N3O4/c1-3-5-6-7-8-9-10-27-35-28(41-36-27)20-15-22-11-13-23(14-12-22)21-37(29(38)30(39)40)26(4-2)24-16-18-25(19-17-24)31(32,33)34/h11-14,16-19,26H,3-10,15,20-21H2,1-2H3,(H,39,40). The van der Waals surface area contributed by atoms with Gasteiger partial charge in [-0.3, -0.25) is 4.79 Å². The number of amides is 1. The first kappa shape index (κ1) is 31.8. The van der Waals surface area contributed by atoms with Gasteiger partial charge >= 0.3 is 18.1 Å². The Morgan fingerprint density at radius 2 is 1.51 bits per heavy atom. The molecular weight excluding hydrogens is 535 g/mol. The van der Waals surface area contributed by atoms with Gasteiger partial charge in [0.1, 0.15) is 0 Å². The summed E-state index contributed by atoms with van der Waals surface area (Å²) < 4.78 is 44.4. The summed E-state index contributed by atoms with van der Waals surface area (Å²) in [6, 6.07) is 11.2. The largest absolute Gasteiger partial charge is 0.474 e. The molecule has 0 aliphatic heterocycles. The minimum Gasteiger partial charge on any atom is -0.474 e. The van der Waals surface area contributed by atoms with Crippen LogP contribution in [0.1, 0.15) is 98.8 Å². The maximum atomic E-state index is 13.0. The number of carbonyl (C=O) groups is 2. The number of hydrogen-bond donors (Lipinski definition) is 1. The number of carbonyl (C=O) groups excluding carboxylic acids is 1. The van der Waals surface area contributed by atoms with Crippen molar-refractivity contribution in [1.82, 2.24) is 15.0 Å². The molecule has 0 aliphatic carbocycles. The number of halogens is 3. The normalized spacial score (nSPS) is 12.3. The number of rotatable bonds is 15. The van der Waals surface area contributed by atoms with E-state index in [4.69, 9.17) is 4.52 Å². The average Bonchev–Trinajstić information content (AvgIpc) is 3.41. The molecular formula is C31H38F3N3O4. The monoisotopic (exact) mass is 573 g/mol. The van der Waals surface area contributed by atoms with Crippen LogP contribution in [0, 0.1) is 0 Å². The molecule has 0 spiro atoms. The second-order valence-corrected chi connectivity index (χ2v) is 10.2. The molecule has 1 aromatic heterocycles. The third kappa shape index (κ3) is 9.72. The minimum atomic E-state index is -4.49. The van der Waals surface area contributed by atoms with Gasteiger partial charge in [-0.2, -0.15) is 18.2 Å². The predicted octanol–water partition coefficient (Wildman–Crippen LogP) is 7.34. The van der Waals surface area contributed by atoms with Crippen molar-refractivity contribution in [3.63, 3.8) is 0 Å². The van der Waals surface area contributed by atoms with Crippen LogP contribution in [0.25, 0.3) is 0 Å². The molecule has 1 heterocycles. The van der Waals surface area contributed by atoms with Gasteiger partial charge in [0.15, 0.2) is 5.82 Å². The van der Waals surface area contributed by atoms with Crippen molar-refractivity contribution in [3.8, 4) is 0 Å². The summed E-state index contributed by atoms with van der Waals surface area (Å²) in [7, 11) is 0. The molecule has 0 saturated carbocycles. The fourth-order valence-corrected chi connectivity index (χ4v) is 4.79. The summed E-state index contributed by atoms with van der Waals surface area (Å²) in [5, 5.41) is 13.5. The number of alkyl halides is 3. The number of benzene rings is 2. The topological polar surface area (TPSA) is 96.5 Å². The molecule has 2 aromatic carbocycles. The lowest BCUT2D eigenvalue weighted by atomic mass is 9.99. The summed E-state index contributed by atoms with van der Waals surface area (Å²) in [6.45, 7) is 3.95. The Morgan fingerprint density at radius 3 is 2.12 bits per heavy atom. The van der Waals surface area contributed by atoms with Crippen LogP contribution >= 0.6 is 0 Å². The van der Waals surface area contributed by atoms with E-state index < -0.39 is 29.7 Å². The summed E-state index contributed by atoms with van der Waals surface area (Å²) in [5.74, 6) is -1.43. The first-order valence-corrected chi connectivity index (χ1v) is 14.2. The van der Waals surface area contributed by atoms with Crippen molar-refractivity contribution in [1.29, 1.82) is 0 Å². The van der Waals surface area contributed by atoms with E-state index >= 15 is 0 Å². The van der Waals surface area contributed by atoms with E-state index in [1.54, 1.807) is 6.92 Å². The molecule has 3 aromatic rings. The fraction of sp³-hybridized carbons (Fsp3) is 0.484. The highest BCUT2D eigenvalue weighted by Gasteiger charge is 2.32. The van der Waals surface area contributed by atoms with Crippen molar-refractivity contribution in [2.75, 3.05) is 0 Å². The van der Waals surface area contributed by atoms with Crippen molar-refractivity contribution in [2.45, 2.75) is 96.8 Å². The second kappa shape index (κ2) is 15.3. The Labute approximate surface area is 238 Å². The number of carboxylic acids is 1. The molecule has 1 N–H and O–H groups in total.